The van der Waals surface area contributed by atoms with Crippen LogP contribution in [-0.2, 0) is 17.9 Å². The normalized spacial score (nSPS) is 10.0. The van der Waals surface area contributed by atoms with Gasteiger partial charge in [0.15, 0.2) is 0 Å². The molecule has 1 aromatic heterocycles. The minimum absolute atomic E-state index is 0.567. The predicted octanol–water partition coefficient (Wildman–Crippen LogP) is 5.21. The average molecular weight is 364 g/mol. The second-order valence-electron chi connectivity index (χ2n) is 6.58. The summed E-state index contributed by atoms with van der Waals surface area (Å²) < 4.78 is 2.04. The number of nitrogens with zero attached hydrogens (tertiary/aromatic N) is 3. The number of unbranched alkanes of at least 4 members (excludes halogenated alkanes) is 1. The Morgan fingerprint density at radius 2 is 1.70 bits per heavy atom. The number of benzene rings is 2. The topological polar surface area (TPSA) is 38.1 Å². The Labute approximate surface area is 162 Å². The van der Waals surface area contributed by atoms with E-state index in [4.69, 9.17) is 0 Å². The highest BCUT2D eigenvalue weighted by Crippen LogP contribution is 2.18. The molecule has 3 rings (SSSR count). The van der Waals surface area contributed by atoms with Gasteiger partial charge in [-0.05, 0) is 30.2 Å². The summed E-state index contributed by atoms with van der Waals surface area (Å²) in [6.45, 7) is 7.64. The molecule has 0 spiro atoms. The van der Waals surface area contributed by atoms with Crippen LogP contribution >= 0.6 is 0 Å². The molecule has 0 aliphatic heterocycles. The van der Waals surface area contributed by atoms with E-state index in [1.54, 1.807) is 4.90 Å². The first-order valence-corrected chi connectivity index (χ1v) is 9.49. The van der Waals surface area contributed by atoms with Gasteiger partial charge in [0.2, 0.25) is 6.41 Å². The summed E-state index contributed by atoms with van der Waals surface area (Å²) in [6, 6.07) is 18.0. The Hall–Kier alpha value is -2.88. The van der Waals surface area contributed by atoms with Gasteiger partial charge in [0.1, 0.15) is 0 Å². The molecular formula is C23H29N3O. The second-order valence-corrected chi connectivity index (χ2v) is 6.58. The third kappa shape index (κ3) is 6.74. The van der Waals surface area contributed by atoms with Crippen molar-refractivity contribution in [2.24, 2.45) is 0 Å². The molecule has 1 amide bonds. The zero-order chi connectivity index (χ0) is 19.5. The number of anilines is 1. The quantitative estimate of drug-likeness (QED) is 0.541. The fourth-order valence-electron chi connectivity index (χ4n) is 2.57. The van der Waals surface area contributed by atoms with Gasteiger partial charge >= 0.3 is 0 Å². The number of carbonyl (C=O) groups is 1. The van der Waals surface area contributed by atoms with Crippen LogP contribution in [0.1, 0.15) is 43.5 Å². The van der Waals surface area contributed by atoms with E-state index in [-0.39, 0.29) is 0 Å². The molecule has 0 bridgehead atoms. The lowest BCUT2D eigenvalue weighted by atomic mass is 10.1. The van der Waals surface area contributed by atoms with Gasteiger partial charge in [0.25, 0.3) is 0 Å². The van der Waals surface area contributed by atoms with Gasteiger partial charge in [-0.1, -0.05) is 69.2 Å². The van der Waals surface area contributed by atoms with Crippen LogP contribution in [-0.4, -0.2) is 16.0 Å². The number of aryl methyl sites for hydroxylation is 1. The van der Waals surface area contributed by atoms with E-state index in [9.17, 15) is 4.79 Å². The van der Waals surface area contributed by atoms with Crippen molar-refractivity contribution in [2.75, 3.05) is 4.90 Å². The fourth-order valence-corrected chi connectivity index (χ4v) is 2.57. The number of hydrogen-bond donors (Lipinski definition) is 0. The molecule has 0 aliphatic carbocycles. The van der Waals surface area contributed by atoms with Crippen LogP contribution in [0.3, 0.4) is 0 Å². The highest BCUT2D eigenvalue weighted by Gasteiger charge is 2.07. The average Bonchev–Trinajstić information content (AvgIpc) is 3.12. The minimum Gasteiger partial charge on any atom is -0.333 e. The molecule has 3 aromatic rings. The number of aromatic nitrogens is 2. The van der Waals surface area contributed by atoms with E-state index in [1.807, 2.05) is 72.5 Å². The summed E-state index contributed by atoms with van der Waals surface area (Å²) in [6.07, 6.45) is 7.35. The van der Waals surface area contributed by atoms with Crippen molar-refractivity contribution in [3.8, 4) is 0 Å². The van der Waals surface area contributed by atoms with Crippen LogP contribution < -0.4 is 4.90 Å². The molecule has 27 heavy (non-hydrogen) atoms. The number of carbonyl (C=O) groups excluding carboxylic acids is 1. The summed E-state index contributed by atoms with van der Waals surface area (Å²) in [4.78, 5) is 17.5. The third-order valence-electron chi connectivity index (χ3n) is 4.19. The molecule has 0 aliphatic rings. The molecule has 2 aromatic carbocycles. The molecule has 0 saturated heterocycles. The van der Waals surface area contributed by atoms with E-state index in [1.165, 1.54) is 12.8 Å². The van der Waals surface area contributed by atoms with Crippen LogP contribution in [0.4, 0.5) is 5.69 Å². The van der Waals surface area contributed by atoms with Crippen LogP contribution in [0.25, 0.3) is 0 Å². The zero-order valence-corrected chi connectivity index (χ0v) is 16.5. The number of imidazole rings is 1. The summed E-state index contributed by atoms with van der Waals surface area (Å²) >= 11 is 0. The lowest BCUT2D eigenvalue weighted by Crippen LogP contribution is -2.20. The molecular weight excluding hydrogens is 334 g/mol. The smallest absolute Gasteiger partial charge is 0.214 e. The van der Waals surface area contributed by atoms with Crippen LogP contribution in [0.2, 0.25) is 0 Å². The lowest BCUT2D eigenvalue weighted by molar-refractivity contribution is -0.107. The SMILES string of the molecule is CCCC.Cc1cn(Cc2cccc(N(C=O)Cc3ccccc3)c2)cn1. The number of rotatable bonds is 7. The number of hydrogen-bond acceptors (Lipinski definition) is 2. The predicted molar refractivity (Wildman–Crippen MR) is 112 cm³/mol. The van der Waals surface area contributed by atoms with E-state index in [0.29, 0.717) is 6.54 Å². The molecule has 0 radical (unpaired) electrons. The number of amides is 1. The molecule has 1 heterocycles. The third-order valence-corrected chi connectivity index (χ3v) is 4.19. The molecule has 0 N–H and O–H groups in total. The molecule has 4 heteroatoms. The van der Waals surface area contributed by atoms with Crippen molar-refractivity contribution >= 4 is 12.1 Å². The van der Waals surface area contributed by atoms with Gasteiger partial charge in [0.05, 0.1) is 18.6 Å². The molecule has 4 nitrogen and oxygen atoms in total. The van der Waals surface area contributed by atoms with E-state index >= 15 is 0 Å². The molecule has 0 saturated carbocycles. The molecule has 0 atom stereocenters. The Bertz CT molecular complexity index is 809. The van der Waals surface area contributed by atoms with Crippen LogP contribution in [0.5, 0.6) is 0 Å². The molecule has 0 fully saturated rings. The highest BCUT2D eigenvalue weighted by molar-refractivity contribution is 5.75. The molecule has 0 unspecified atom stereocenters. The van der Waals surface area contributed by atoms with Crippen molar-refractivity contribution in [3.63, 3.8) is 0 Å². The first kappa shape index (κ1) is 20.4. The van der Waals surface area contributed by atoms with Crippen molar-refractivity contribution in [3.05, 3.63) is 83.9 Å². The monoisotopic (exact) mass is 363 g/mol. The van der Waals surface area contributed by atoms with Crippen molar-refractivity contribution < 1.29 is 4.79 Å². The Morgan fingerprint density at radius 3 is 2.30 bits per heavy atom. The summed E-state index contributed by atoms with van der Waals surface area (Å²) in [7, 11) is 0. The van der Waals surface area contributed by atoms with E-state index in [2.05, 4.69) is 24.9 Å². The molecule has 142 valence electrons. The van der Waals surface area contributed by atoms with Gasteiger partial charge in [-0.2, -0.15) is 0 Å². The lowest BCUT2D eigenvalue weighted by Gasteiger charge is -2.18. The Kier molecular flexibility index (Phi) is 8.30. The summed E-state index contributed by atoms with van der Waals surface area (Å²) in [5.41, 5.74) is 4.15. The van der Waals surface area contributed by atoms with E-state index in [0.717, 1.165) is 35.5 Å². The van der Waals surface area contributed by atoms with Crippen molar-refractivity contribution in [1.29, 1.82) is 0 Å². The van der Waals surface area contributed by atoms with E-state index < -0.39 is 0 Å². The van der Waals surface area contributed by atoms with Gasteiger partial charge in [-0.3, -0.25) is 4.79 Å². The van der Waals surface area contributed by atoms with Gasteiger partial charge in [-0.15, -0.1) is 0 Å². The van der Waals surface area contributed by atoms with Gasteiger partial charge in [-0.25, -0.2) is 4.98 Å². The first-order chi connectivity index (χ1) is 13.2. The maximum atomic E-state index is 11.5. The summed E-state index contributed by atoms with van der Waals surface area (Å²) in [5.74, 6) is 0. The summed E-state index contributed by atoms with van der Waals surface area (Å²) in [5, 5.41) is 0. The zero-order valence-electron chi connectivity index (χ0n) is 16.5. The first-order valence-electron chi connectivity index (χ1n) is 9.49. The largest absolute Gasteiger partial charge is 0.333 e. The second kappa shape index (κ2) is 11.0. The maximum absolute atomic E-state index is 11.5. The van der Waals surface area contributed by atoms with Crippen molar-refractivity contribution in [2.45, 2.75) is 46.7 Å². The highest BCUT2D eigenvalue weighted by atomic mass is 16.1. The Morgan fingerprint density at radius 1 is 1.00 bits per heavy atom. The van der Waals surface area contributed by atoms with Crippen LogP contribution in [0, 0.1) is 6.92 Å². The van der Waals surface area contributed by atoms with Crippen molar-refractivity contribution in [1.82, 2.24) is 9.55 Å². The minimum atomic E-state index is 0.567. The van der Waals surface area contributed by atoms with Gasteiger partial charge in [0, 0.05) is 18.4 Å². The Balaban J connectivity index is 0.000000596. The van der Waals surface area contributed by atoms with Crippen LogP contribution in [0.15, 0.2) is 67.1 Å². The van der Waals surface area contributed by atoms with Gasteiger partial charge < -0.3 is 9.47 Å². The maximum Gasteiger partial charge on any atom is 0.214 e. The fraction of sp³-hybridized carbons (Fsp3) is 0.304. The standard InChI is InChI=1S/C19H19N3O.C4H10/c1-16-11-21(14-20-16)12-18-8-5-9-19(10-18)22(15-23)13-17-6-3-2-4-7-17;1-3-4-2/h2-11,14-15H,12-13H2,1H3;3-4H2,1-2H3.